The van der Waals surface area contributed by atoms with Crippen molar-refractivity contribution in [1.29, 1.82) is 0 Å². The Balaban J connectivity index is 1.59. The number of aromatic nitrogens is 5. The second-order valence-corrected chi connectivity index (χ2v) is 8.33. The number of benzene rings is 2. The van der Waals surface area contributed by atoms with E-state index in [2.05, 4.69) is 25.4 Å². The summed E-state index contributed by atoms with van der Waals surface area (Å²) in [6, 6.07) is 13.4. The first-order valence-electron chi connectivity index (χ1n) is 11.1. The van der Waals surface area contributed by atoms with Gasteiger partial charge in [0.15, 0.2) is 5.82 Å². The fourth-order valence-electron chi connectivity index (χ4n) is 4.49. The molecule has 1 atom stereocenters. The number of hydrogen-bond donors (Lipinski definition) is 1. The number of fused-ring (bicyclic) bond motifs is 1. The van der Waals surface area contributed by atoms with Gasteiger partial charge in [0.1, 0.15) is 17.6 Å². The predicted molar refractivity (Wildman–Crippen MR) is 122 cm³/mol. The summed E-state index contributed by atoms with van der Waals surface area (Å²) < 4.78 is 20.3. The van der Waals surface area contributed by atoms with E-state index >= 15 is 0 Å². The highest BCUT2D eigenvalue weighted by Crippen LogP contribution is 2.30. The lowest BCUT2D eigenvalue weighted by atomic mass is 10.0. The largest absolute Gasteiger partial charge is 0.497 e. The molecule has 2 aromatic heterocycles. The molecule has 0 spiro atoms. The van der Waals surface area contributed by atoms with Gasteiger partial charge in [-0.3, -0.25) is 9.69 Å². The van der Waals surface area contributed by atoms with Crippen molar-refractivity contribution in [3.8, 4) is 5.75 Å². The van der Waals surface area contributed by atoms with E-state index in [4.69, 9.17) is 4.74 Å². The van der Waals surface area contributed by atoms with Crippen LogP contribution in [0, 0.1) is 5.82 Å². The lowest BCUT2D eigenvalue weighted by Crippen LogP contribution is -2.38. The number of halogens is 1. The maximum atomic E-state index is 13.4. The van der Waals surface area contributed by atoms with Gasteiger partial charge in [0, 0.05) is 11.6 Å². The molecule has 2 aromatic carbocycles. The molecular weight excluding hydrogens is 423 g/mol. The fraction of sp³-hybridized carbons (Fsp3) is 0.333. The first-order chi connectivity index (χ1) is 16.1. The summed E-state index contributed by atoms with van der Waals surface area (Å²) in [4.78, 5) is 18.6. The molecule has 0 saturated carbocycles. The highest BCUT2D eigenvalue weighted by atomic mass is 19.1. The van der Waals surface area contributed by atoms with Crippen LogP contribution in [0.1, 0.15) is 42.3 Å². The Morgan fingerprint density at radius 1 is 1.09 bits per heavy atom. The predicted octanol–water partition coefficient (Wildman–Crippen LogP) is 3.29. The number of ether oxygens (including phenoxy) is 1. The minimum absolute atomic E-state index is 0.178. The van der Waals surface area contributed by atoms with Crippen molar-refractivity contribution in [3.63, 3.8) is 0 Å². The van der Waals surface area contributed by atoms with Crippen LogP contribution in [0.25, 0.3) is 10.9 Å². The fourth-order valence-corrected chi connectivity index (χ4v) is 4.49. The number of methoxy groups -OCH3 is 1. The van der Waals surface area contributed by atoms with Gasteiger partial charge < -0.3 is 9.72 Å². The third-order valence-electron chi connectivity index (χ3n) is 6.18. The molecular formula is C24H25FN6O2. The zero-order valence-electron chi connectivity index (χ0n) is 18.4. The van der Waals surface area contributed by atoms with Gasteiger partial charge in [-0.2, -0.15) is 0 Å². The SMILES string of the molecule is COc1ccc2cc(C(c3nnnn3Cc3ccc(F)cc3)N3CCCCC3)c(=O)[nH]c2c1. The number of nitrogens with zero attached hydrogens (tertiary/aromatic N) is 5. The van der Waals surface area contributed by atoms with Crippen LogP contribution in [-0.4, -0.2) is 50.3 Å². The molecule has 1 aliphatic heterocycles. The molecule has 3 heterocycles. The van der Waals surface area contributed by atoms with Crippen LogP contribution >= 0.6 is 0 Å². The average molecular weight is 449 g/mol. The molecule has 170 valence electrons. The first kappa shape index (κ1) is 21.3. The molecule has 0 radical (unpaired) electrons. The summed E-state index contributed by atoms with van der Waals surface area (Å²) in [7, 11) is 1.60. The topological polar surface area (TPSA) is 88.9 Å². The molecule has 1 unspecified atom stereocenters. The third-order valence-corrected chi connectivity index (χ3v) is 6.18. The standard InChI is InChI=1S/C24H25FN6O2/c1-33-19-10-7-17-13-20(24(32)26-21(17)14-19)22(30-11-3-2-4-12-30)23-27-28-29-31(23)15-16-5-8-18(25)9-6-16/h5-10,13-14,22H,2-4,11-12,15H2,1H3,(H,26,32). The smallest absolute Gasteiger partial charge is 0.253 e. The zero-order chi connectivity index (χ0) is 22.8. The van der Waals surface area contributed by atoms with Crippen LogP contribution in [0.5, 0.6) is 5.75 Å². The van der Waals surface area contributed by atoms with Gasteiger partial charge in [-0.15, -0.1) is 5.10 Å². The molecule has 1 aliphatic rings. The molecule has 0 aliphatic carbocycles. The van der Waals surface area contributed by atoms with E-state index in [-0.39, 0.29) is 11.4 Å². The number of pyridine rings is 1. The van der Waals surface area contributed by atoms with Crippen molar-refractivity contribution >= 4 is 10.9 Å². The Morgan fingerprint density at radius 3 is 2.64 bits per heavy atom. The molecule has 0 amide bonds. The van der Waals surface area contributed by atoms with Gasteiger partial charge in [-0.1, -0.05) is 18.6 Å². The molecule has 4 aromatic rings. The minimum Gasteiger partial charge on any atom is -0.497 e. The minimum atomic E-state index is -0.393. The number of aromatic amines is 1. The van der Waals surface area contributed by atoms with Gasteiger partial charge in [-0.25, -0.2) is 9.07 Å². The number of nitrogens with one attached hydrogen (secondary N) is 1. The lowest BCUT2D eigenvalue weighted by molar-refractivity contribution is 0.177. The number of H-pyrrole nitrogens is 1. The zero-order valence-corrected chi connectivity index (χ0v) is 18.4. The summed E-state index contributed by atoms with van der Waals surface area (Å²) >= 11 is 0. The molecule has 0 bridgehead atoms. The van der Waals surface area contributed by atoms with E-state index in [1.807, 2.05) is 24.3 Å². The Hall–Kier alpha value is -3.59. The van der Waals surface area contributed by atoms with E-state index in [0.29, 0.717) is 29.2 Å². The van der Waals surface area contributed by atoms with Crippen LogP contribution in [0.2, 0.25) is 0 Å². The normalized spacial score (nSPS) is 15.6. The Kier molecular flexibility index (Phi) is 5.87. The Morgan fingerprint density at radius 2 is 1.88 bits per heavy atom. The number of tetrazole rings is 1. The first-order valence-corrected chi connectivity index (χ1v) is 11.1. The summed E-state index contributed by atoms with van der Waals surface area (Å²) in [5.41, 5.74) is 2.01. The summed E-state index contributed by atoms with van der Waals surface area (Å²) in [6.45, 7) is 2.10. The molecule has 8 nitrogen and oxygen atoms in total. The molecule has 9 heteroatoms. The second kappa shape index (κ2) is 9.11. The maximum absolute atomic E-state index is 13.4. The van der Waals surface area contributed by atoms with Gasteiger partial charge in [-0.05, 0) is 77.6 Å². The van der Waals surface area contributed by atoms with E-state index in [1.54, 1.807) is 23.9 Å². The van der Waals surface area contributed by atoms with Crippen LogP contribution in [0.4, 0.5) is 4.39 Å². The van der Waals surface area contributed by atoms with E-state index in [9.17, 15) is 9.18 Å². The van der Waals surface area contributed by atoms with Crippen LogP contribution in [0.15, 0.2) is 53.3 Å². The molecule has 1 N–H and O–H groups in total. The number of hydrogen-bond acceptors (Lipinski definition) is 6. The summed E-state index contributed by atoms with van der Waals surface area (Å²) in [5, 5.41) is 13.4. The van der Waals surface area contributed by atoms with Crippen molar-refractivity contribution < 1.29 is 9.13 Å². The summed E-state index contributed by atoms with van der Waals surface area (Å²) in [5.74, 6) is 0.988. The monoisotopic (exact) mass is 448 g/mol. The van der Waals surface area contributed by atoms with Gasteiger partial charge in [0.25, 0.3) is 5.56 Å². The second-order valence-electron chi connectivity index (χ2n) is 8.33. The van der Waals surface area contributed by atoms with Crippen LogP contribution < -0.4 is 10.3 Å². The van der Waals surface area contributed by atoms with Crippen molar-refractivity contribution in [2.75, 3.05) is 20.2 Å². The van der Waals surface area contributed by atoms with Crippen molar-refractivity contribution in [2.24, 2.45) is 0 Å². The van der Waals surface area contributed by atoms with Crippen molar-refractivity contribution in [1.82, 2.24) is 30.1 Å². The Bertz CT molecular complexity index is 1310. The molecule has 33 heavy (non-hydrogen) atoms. The van der Waals surface area contributed by atoms with Gasteiger partial charge >= 0.3 is 0 Å². The van der Waals surface area contributed by atoms with E-state index < -0.39 is 6.04 Å². The number of likely N-dealkylation sites (tertiary alicyclic amines) is 1. The highest BCUT2D eigenvalue weighted by Gasteiger charge is 2.31. The molecule has 1 fully saturated rings. The van der Waals surface area contributed by atoms with Gasteiger partial charge in [0.05, 0.1) is 19.2 Å². The van der Waals surface area contributed by atoms with Crippen molar-refractivity contribution in [3.05, 3.63) is 81.7 Å². The van der Waals surface area contributed by atoms with Crippen LogP contribution in [-0.2, 0) is 6.54 Å². The third kappa shape index (κ3) is 4.36. The summed E-state index contributed by atoms with van der Waals surface area (Å²) in [6.07, 6.45) is 3.27. The number of rotatable bonds is 6. The quantitative estimate of drug-likeness (QED) is 0.487. The average Bonchev–Trinajstić information content (AvgIpc) is 3.29. The maximum Gasteiger partial charge on any atom is 0.253 e. The molecule has 5 rings (SSSR count). The lowest BCUT2D eigenvalue weighted by Gasteiger charge is -2.33. The molecule has 1 saturated heterocycles. The number of piperidine rings is 1. The van der Waals surface area contributed by atoms with Gasteiger partial charge in [0.2, 0.25) is 0 Å². The van der Waals surface area contributed by atoms with E-state index in [0.717, 1.165) is 43.3 Å². The van der Waals surface area contributed by atoms with Crippen molar-refractivity contribution in [2.45, 2.75) is 31.8 Å². The van der Waals surface area contributed by atoms with E-state index in [1.165, 1.54) is 12.1 Å². The highest BCUT2D eigenvalue weighted by molar-refractivity contribution is 5.80. The Labute approximate surface area is 190 Å². The van der Waals surface area contributed by atoms with Crippen LogP contribution in [0.3, 0.4) is 0 Å².